The average molecular weight is 316 g/mol. The summed E-state index contributed by atoms with van der Waals surface area (Å²) in [5.41, 5.74) is 3.20. The molecule has 2 atom stereocenters. The van der Waals surface area contributed by atoms with E-state index in [4.69, 9.17) is 0 Å². The highest BCUT2D eigenvalue weighted by Crippen LogP contribution is 2.42. The van der Waals surface area contributed by atoms with Gasteiger partial charge in [-0.25, -0.2) is 0 Å². The van der Waals surface area contributed by atoms with Gasteiger partial charge in [-0.1, -0.05) is 71.2 Å². The van der Waals surface area contributed by atoms with Crippen molar-refractivity contribution in [3.8, 4) is 0 Å². The zero-order valence-electron chi connectivity index (χ0n) is 15.8. The Hall–Kier alpha value is -0.820. The van der Waals surface area contributed by atoms with Gasteiger partial charge in [-0.05, 0) is 67.2 Å². The van der Waals surface area contributed by atoms with Gasteiger partial charge in [-0.2, -0.15) is 0 Å². The van der Waals surface area contributed by atoms with Crippen molar-refractivity contribution in [1.82, 2.24) is 5.32 Å². The van der Waals surface area contributed by atoms with E-state index in [0.29, 0.717) is 0 Å². The molecule has 1 aromatic carbocycles. The molecule has 0 heterocycles. The van der Waals surface area contributed by atoms with E-state index in [0.717, 1.165) is 30.2 Å². The van der Waals surface area contributed by atoms with Crippen LogP contribution in [0.15, 0.2) is 24.3 Å². The summed E-state index contributed by atoms with van der Waals surface area (Å²) in [4.78, 5) is 0. The number of nitrogens with one attached hydrogen (secondary N) is 1. The normalized spacial score (nSPS) is 23.3. The molecule has 0 spiro atoms. The van der Waals surface area contributed by atoms with Crippen molar-refractivity contribution in [1.29, 1.82) is 0 Å². The van der Waals surface area contributed by atoms with Crippen LogP contribution < -0.4 is 5.32 Å². The van der Waals surface area contributed by atoms with Gasteiger partial charge in [-0.15, -0.1) is 0 Å². The number of hydrogen-bond acceptors (Lipinski definition) is 1. The van der Waals surface area contributed by atoms with Crippen molar-refractivity contribution in [3.63, 3.8) is 0 Å². The zero-order valence-corrected chi connectivity index (χ0v) is 15.8. The van der Waals surface area contributed by atoms with Gasteiger partial charge in [0.15, 0.2) is 0 Å². The van der Waals surface area contributed by atoms with E-state index in [-0.39, 0.29) is 0 Å². The highest BCUT2D eigenvalue weighted by molar-refractivity contribution is 5.32. The molecular weight excluding hydrogens is 278 g/mol. The van der Waals surface area contributed by atoms with Gasteiger partial charge in [0.05, 0.1) is 0 Å². The SMILES string of the molecule is CCCC(C)C(CC)CNCCc1ccccc1C1CC(C)C1. The van der Waals surface area contributed by atoms with Crippen molar-refractivity contribution >= 4 is 0 Å². The lowest BCUT2D eigenvalue weighted by Crippen LogP contribution is -2.29. The van der Waals surface area contributed by atoms with E-state index in [9.17, 15) is 0 Å². The minimum Gasteiger partial charge on any atom is -0.316 e. The van der Waals surface area contributed by atoms with Crippen LogP contribution in [-0.4, -0.2) is 13.1 Å². The summed E-state index contributed by atoms with van der Waals surface area (Å²) in [6.07, 6.45) is 7.92. The Bertz CT molecular complexity index is 447. The topological polar surface area (TPSA) is 12.0 Å². The third-order valence-corrected chi connectivity index (χ3v) is 5.92. The van der Waals surface area contributed by atoms with Gasteiger partial charge < -0.3 is 5.32 Å². The first-order chi connectivity index (χ1) is 11.2. The molecule has 2 rings (SSSR count). The van der Waals surface area contributed by atoms with Crippen LogP contribution in [0.3, 0.4) is 0 Å². The lowest BCUT2D eigenvalue weighted by molar-refractivity contribution is 0.287. The highest BCUT2D eigenvalue weighted by atomic mass is 14.9. The Morgan fingerprint density at radius 1 is 1.17 bits per heavy atom. The standard InChI is InChI=1S/C22H37N/c1-5-9-18(4)19(6-2)16-23-13-12-20-10-7-8-11-22(20)21-14-17(3)15-21/h7-8,10-11,17-19,21,23H,5-6,9,12-16H2,1-4H3. The van der Waals surface area contributed by atoms with Gasteiger partial charge in [0, 0.05) is 0 Å². The minimum absolute atomic E-state index is 0.828. The molecule has 1 nitrogen and oxygen atoms in total. The number of hydrogen-bond donors (Lipinski definition) is 1. The minimum atomic E-state index is 0.828. The molecule has 2 unspecified atom stereocenters. The van der Waals surface area contributed by atoms with Crippen LogP contribution in [0.5, 0.6) is 0 Å². The molecule has 0 radical (unpaired) electrons. The van der Waals surface area contributed by atoms with Crippen LogP contribution in [0.4, 0.5) is 0 Å². The molecule has 1 heteroatoms. The summed E-state index contributed by atoms with van der Waals surface area (Å²) in [6.45, 7) is 11.7. The van der Waals surface area contributed by atoms with Crippen molar-refractivity contribution in [2.75, 3.05) is 13.1 Å². The number of rotatable bonds is 10. The Balaban J connectivity index is 1.78. The second kappa shape index (κ2) is 9.47. The molecule has 1 saturated carbocycles. The first kappa shape index (κ1) is 18.5. The van der Waals surface area contributed by atoms with Gasteiger partial charge in [-0.3, -0.25) is 0 Å². The lowest BCUT2D eigenvalue weighted by atomic mass is 9.71. The molecule has 1 aromatic rings. The third kappa shape index (κ3) is 5.35. The highest BCUT2D eigenvalue weighted by Gasteiger charge is 2.27. The predicted octanol–water partition coefficient (Wildman–Crippen LogP) is 5.79. The fourth-order valence-electron chi connectivity index (χ4n) is 4.27. The molecular formula is C22H37N. The van der Waals surface area contributed by atoms with Crippen LogP contribution in [0, 0.1) is 17.8 Å². The zero-order chi connectivity index (χ0) is 16.7. The first-order valence-corrected chi connectivity index (χ1v) is 9.94. The van der Waals surface area contributed by atoms with Gasteiger partial charge >= 0.3 is 0 Å². The van der Waals surface area contributed by atoms with Crippen molar-refractivity contribution < 1.29 is 0 Å². The van der Waals surface area contributed by atoms with Crippen LogP contribution in [0.1, 0.15) is 76.8 Å². The van der Waals surface area contributed by atoms with Crippen LogP contribution >= 0.6 is 0 Å². The molecule has 0 saturated heterocycles. The second-order valence-corrected chi connectivity index (χ2v) is 7.86. The van der Waals surface area contributed by atoms with Crippen molar-refractivity contribution in [2.45, 2.75) is 72.1 Å². The summed E-state index contributed by atoms with van der Waals surface area (Å²) in [7, 11) is 0. The molecule has 23 heavy (non-hydrogen) atoms. The molecule has 1 aliphatic carbocycles. The fraction of sp³-hybridized carbons (Fsp3) is 0.727. The van der Waals surface area contributed by atoms with Crippen molar-refractivity contribution in [2.24, 2.45) is 17.8 Å². The van der Waals surface area contributed by atoms with E-state index in [1.807, 2.05) is 0 Å². The molecule has 0 bridgehead atoms. The first-order valence-electron chi connectivity index (χ1n) is 9.94. The maximum Gasteiger partial charge on any atom is -0.000813 e. The predicted molar refractivity (Wildman–Crippen MR) is 102 cm³/mol. The maximum absolute atomic E-state index is 3.74. The Morgan fingerprint density at radius 2 is 1.91 bits per heavy atom. The van der Waals surface area contributed by atoms with Gasteiger partial charge in [0.2, 0.25) is 0 Å². The monoisotopic (exact) mass is 315 g/mol. The van der Waals surface area contributed by atoms with E-state index in [1.165, 1.54) is 45.1 Å². The molecule has 1 N–H and O–H groups in total. The summed E-state index contributed by atoms with van der Waals surface area (Å²) in [5.74, 6) is 3.43. The maximum atomic E-state index is 3.74. The molecule has 1 aliphatic rings. The van der Waals surface area contributed by atoms with Crippen molar-refractivity contribution in [3.05, 3.63) is 35.4 Å². The van der Waals surface area contributed by atoms with Gasteiger partial charge in [0.25, 0.3) is 0 Å². The molecule has 0 aromatic heterocycles. The smallest absolute Gasteiger partial charge is 0.000813 e. The average Bonchev–Trinajstić information content (AvgIpc) is 2.52. The van der Waals surface area contributed by atoms with Gasteiger partial charge in [0.1, 0.15) is 0 Å². The summed E-state index contributed by atoms with van der Waals surface area (Å²) in [6, 6.07) is 9.13. The second-order valence-electron chi connectivity index (χ2n) is 7.86. The summed E-state index contributed by atoms with van der Waals surface area (Å²) in [5, 5.41) is 3.74. The van der Waals surface area contributed by atoms with Crippen LogP contribution in [0.25, 0.3) is 0 Å². The number of benzene rings is 1. The summed E-state index contributed by atoms with van der Waals surface area (Å²) >= 11 is 0. The van der Waals surface area contributed by atoms with E-state index >= 15 is 0 Å². The fourth-order valence-corrected chi connectivity index (χ4v) is 4.27. The Morgan fingerprint density at radius 3 is 2.57 bits per heavy atom. The van der Waals surface area contributed by atoms with E-state index < -0.39 is 0 Å². The Labute approximate surface area is 144 Å². The molecule has 0 amide bonds. The van der Waals surface area contributed by atoms with E-state index in [2.05, 4.69) is 57.3 Å². The lowest BCUT2D eigenvalue weighted by Gasteiger charge is -2.34. The third-order valence-electron chi connectivity index (χ3n) is 5.92. The molecule has 130 valence electrons. The quantitative estimate of drug-likeness (QED) is 0.538. The van der Waals surface area contributed by atoms with E-state index in [1.54, 1.807) is 11.1 Å². The largest absolute Gasteiger partial charge is 0.316 e. The summed E-state index contributed by atoms with van der Waals surface area (Å²) < 4.78 is 0. The Kier molecular flexibility index (Phi) is 7.62. The van der Waals surface area contributed by atoms with Crippen LogP contribution in [-0.2, 0) is 6.42 Å². The molecule has 1 fully saturated rings. The molecule has 0 aliphatic heterocycles. The van der Waals surface area contributed by atoms with Crippen LogP contribution in [0.2, 0.25) is 0 Å².